The lowest BCUT2D eigenvalue weighted by Crippen LogP contribution is -2.58. The fourth-order valence-electron chi connectivity index (χ4n) is 2.22. The Bertz CT molecular complexity index is 329. The second kappa shape index (κ2) is 6.16. The summed E-state index contributed by atoms with van der Waals surface area (Å²) < 4.78 is 22.8. The largest absolute Gasteiger partial charge is 0.309 e. The Morgan fingerprint density at radius 1 is 1.35 bits per heavy atom. The van der Waals surface area contributed by atoms with E-state index in [4.69, 9.17) is 0 Å². The van der Waals surface area contributed by atoms with Gasteiger partial charge in [0.15, 0.2) is 0 Å². The van der Waals surface area contributed by atoms with Crippen LogP contribution >= 0.6 is 0 Å². The molecule has 102 valence electrons. The molecule has 1 aliphatic rings. The standard InChI is InChI=1S/C12H26N2O2S/c1-4-12(3)11-14(9-7-13-12)8-6-10-17(15,16)5-2/h13H,4-11H2,1-3H3. The molecule has 1 aliphatic heterocycles. The van der Waals surface area contributed by atoms with Crippen LogP contribution < -0.4 is 5.32 Å². The molecule has 1 unspecified atom stereocenters. The van der Waals surface area contributed by atoms with Gasteiger partial charge in [0.2, 0.25) is 0 Å². The van der Waals surface area contributed by atoms with Crippen LogP contribution in [0.1, 0.15) is 33.6 Å². The van der Waals surface area contributed by atoms with Crippen molar-refractivity contribution in [3.05, 3.63) is 0 Å². The highest BCUT2D eigenvalue weighted by atomic mass is 32.2. The van der Waals surface area contributed by atoms with Gasteiger partial charge in [-0.15, -0.1) is 0 Å². The zero-order valence-corrected chi connectivity index (χ0v) is 12.1. The molecule has 1 rings (SSSR count). The molecule has 0 aromatic heterocycles. The van der Waals surface area contributed by atoms with Gasteiger partial charge >= 0.3 is 0 Å². The lowest BCUT2D eigenvalue weighted by Gasteiger charge is -2.41. The Kier molecular flexibility index (Phi) is 5.41. The highest BCUT2D eigenvalue weighted by Gasteiger charge is 2.28. The van der Waals surface area contributed by atoms with Crippen LogP contribution in [-0.4, -0.2) is 56.5 Å². The van der Waals surface area contributed by atoms with Gasteiger partial charge in [-0.3, -0.25) is 0 Å². The second-order valence-electron chi connectivity index (χ2n) is 5.21. The van der Waals surface area contributed by atoms with Crippen LogP contribution in [0.4, 0.5) is 0 Å². The van der Waals surface area contributed by atoms with E-state index in [1.165, 1.54) is 0 Å². The van der Waals surface area contributed by atoms with Crippen molar-refractivity contribution in [2.45, 2.75) is 39.2 Å². The van der Waals surface area contributed by atoms with Crippen molar-refractivity contribution >= 4 is 9.84 Å². The number of rotatable bonds is 6. The van der Waals surface area contributed by atoms with Crippen molar-refractivity contribution in [2.24, 2.45) is 0 Å². The van der Waals surface area contributed by atoms with E-state index in [9.17, 15) is 8.42 Å². The summed E-state index contributed by atoms with van der Waals surface area (Å²) in [7, 11) is -2.80. The molecule has 5 heteroatoms. The van der Waals surface area contributed by atoms with Gasteiger partial charge in [-0.1, -0.05) is 13.8 Å². The molecular weight excluding hydrogens is 236 g/mol. The van der Waals surface area contributed by atoms with Gasteiger partial charge in [0.1, 0.15) is 9.84 Å². The molecule has 1 atom stereocenters. The fourth-order valence-corrected chi connectivity index (χ4v) is 3.08. The van der Waals surface area contributed by atoms with Crippen LogP contribution in [-0.2, 0) is 9.84 Å². The molecule has 1 fully saturated rings. The van der Waals surface area contributed by atoms with Crippen molar-refractivity contribution < 1.29 is 8.42 Å². The molecule has 1 heterocycles. The zero-order valence-electron chi connectivity index (χ0n) is 11.3. The predicted molar refractivity (Wildman–Crippen MR) is 72.1 cm³/mol. The van der Waals surface area contributed by atoms with E-state index in [2.05, 4.69) is 24.1 Å². The minimum atomic E-state index is -2.80. The van der Waals surface area contributed by atoms with Crippen molar-refractivity contribution in [3.8, 4) is 0 Å². The first-order valence-corrected chi connectivity index (χ1v) is 8.41. The summed E-state index contributed by atoms with van der Waals surface area (Å²) in [5, 5.41) is 3.53. The van der Waals surface area contributed by atoms with E-state index in [0.717, 1.165) is 39.0 Å². The second-order valence-corrected chi connectivity index (χ2v) is 7.68. The van der Waals surface area contributed by atoms with Gasteiger partial charge in [-0.25, -0.2) is 8.42 Å². The average molecular weight is 262 g/mol. The highest BCUT2D eigenvalue weighted by Crippen LogP contribution is 2.15. The summed E-state index contributed by atoms with van der Waals surface area (Å²) in [6, 6.07) is 0. The Hall–Kier alpha value is -0.130. The van der Waals surface area contributed by atoms with Crippen LogP contribution in [0.15, 0.2) is 0 Å². The molecule has 0 radical (unpaired) electrons. The number of piperazine rings is 1. The molecule has 0 spiro atoms. The van der Waals surface area contributed by atoms with Gasteiger partial charge in [0, 0.05) is 30.9 Å². The molecule has 17 heavy (non-hydrogen) atoms. The summed E-state index contributed by atoms with van der Waals surface area (Å²) >= 11 is 0. The van der Waals surface area contributed by atoms with E-state index in [-0.39, 0.29) is 11.3 Å². The molecule has 0 amide bonds. The normalized spacial score (nSPS) is 27.2. The van der Waals surface area contributed by atoms with Crippen LogP contribution in [0.25, 0.3) is 0 Å². The quantitative estimate of drug-likeness (QED) is 0.772. The molecule has 0 saturated carbocycles. The Morgan fingerprint density at radius 3 is 2.65 bits per heavy atom. The Morgan fingerprint density at radius 2 is 2.06 bits per heavy atom. The molecule has 0 aromatic rings. The maximum absolute atomic E-state index is 11.4. The van der Waals surface area contributed by atoms with Crippen LogP contribution in [0.5, 0.6) is 0 Å². The number of nitrogens with zero attached hydrogens (tertiary/aromatic N) is 1. The summed E-state index contributed by atoms with van der Waals surface area (Å²) in [4.78, 5) is 2.38. The van der Waals surface area contributed by atoms with Crippen LogP contribution in [0, 0.1) is 0 Å². The smallest absolute Gasteiger partial charge is 0.150 e. The van der Waals surface area contributed by atoms with E-state index in [0.29, 0.717) is 5.75 Å². The number of sulfone groups is 1. The number of nitrogens with one attached hydrogen (secondary N) is 1. The molecule has 0 aliphatic carbocycles. The van der Waals surface area contributed by atoms with Crippen LogP contribution in [0.2, 0.25) is 0 Å². The first-order valence-electron chi connectivity index (χ1n) is 6.58. The van der Waals surface area contributed by atoms with Gasteiger partial charge < -0.3 is 10.2 Å². The summed E-state index contributed by atoms with van der Waals surface area (Å²) in [6.07, 6.45) is 1.87. The van der Waals surface area contributed by atoms with Gasteiger partial charge in [-0.05, 0) is 26.3 Å². The first-order chi connectivity index (χ1) is 7.91. The highest BCUT2D eigenvalue weighted by molar-refractivity contribution is 7.91. The topological polar surface area (TPSA) is 49.4 Å². The van der Waals surface area contributed by atoms with E-state index >= 15 is 0 Å². The van der Waals surface area contributed by atoms with Crippen molar-refractivity contribution in [1.29, 1.82) is 0 Å². The Labute approximate surface area is 106 Å². The van der Waals surface area contributed by atoms with E-state index in [1.54, 1.807) is 6.92 Å². The van der Waals surface area contributed by atoms with Crippen molar-refractivity contribution in [3.63, 3.8) is 0 Å². The van der Waals surface area contributed by atoms with Crippen LogP contribution in [0.3, 0.4) is 0 Å². The van der Waals surface area contributed by atoms with Gasteiger partial charge in [0.25, 0.3) is 0 Å². The minimum Gasteiger partial charge on any atom is -0.309 e. The SMILES string of the molecule is CCC1(C)CN(CCCS(=O)(=O)CC)CCN1. The molecule has 0 bridgehead atoms. The van der Waals surface area contributed by atoms with Crippen molar-refractivity contribution in [1.82, 2.24) is 10.2 Å². The third-order valence-corrected chi connectivity index (χ3v) is 5.49. The Balaban J connectivity index is 2.33. The molecule has 4 nitrogen and oxygen atoms in total. The summed E-state index contributed by atoms with van der Waals surface area (Å²) in [5.41, 5.74) is 0.196. The zero-order chi connectivity index (χ0) is 12.9. The maximum atomic E-state index is 11.4. The number of hydrogen-bond acceptors (Lipinski definition) is 4. The summed E-state index contributed by atoms with van der Waals surface area (Å²) in [5.74, 6) is 0.595. The average Bonchev–Trinajstić information content (AvgIpc) is 2.29. The van der Waals surface area contributed by atoms with Crippen molar-refractivity contribution in [2.75, 3.05) is 37.7 Å². The molecule has 1 saturated heterocycles. The lowest BCUT2D eigenvalue weighted by molar-refractivity contribution is 0.140. The molecule has 1 N–H and O–H groups in total. The summed E-state index contributed by atoms with van der Waals surface area (Å²) in [6.45, 7) is 10.1. The third-order valence-electron chi connectivity index (χ3n) is 3.70. The van der Waals surface area contributed by atoms with Gasteiger partial charge in [-0.2, -0.15) is 0 Å². The minimum absolute atomic E-state index is 0.196. The molecular formula is C12H26N2O2S. The maximum Gasteiger partial charge on any atom is 0.150 e. The van der Waals surface area contributed by atoms with E-state index < -0.39 is 9.84 Å². The van der Waals surface area contributed by atoms with Gasteiger partial charge in [0.05, 0.1) is 5.75 Å². The van der Waals surface area contributed by atoms with E-state index in [1.807, 2.05) is 0 Å². The first kappa shape index (κ1) is 14.9. The lowest BCUT2D eigenvalue weighted by atomic mass is 9.96. The fraction of sp³-hybridized carbons (Fsp3) is 1.00. The monoisotopic (exact) mass is 262 g/mol. The molecule has 0 aromatic carbocycles. The third kappa shape index (κ3) is 4.94. The number of hydrogen-bond donors (Lipinski definition) is 1. The predicted octanol–water partition coefficient (Wildman–Crippen LogP) is 0.885.